The quantitative estimate of drug-likeness (QED) is 0.168. The Morgan fingerprint density at radius 2 is 1.35 bits per heavy atom. The third kappa shape index (κ3) is 5.93. The van der Waals surface area contributed by atoms with Crippen LogP contribution in [-0.4, -0.2) is 22.2 Å². The van der Waals surface area contributed by atoms with E-state index in [-0.39, 0.29) is 24.3 Å². The number of nitrogens with one attached hydrogen (secondary N) is 1. The Bertz CT molecular complexity index is 1360. The van der Waals surface area contributed by atoms with Gasteiger partial charge in [0.25, 0.3) is 0 Å². The number of hydrogen-bond acceptors (Lipinski definition) is 4. The maximum absolute atomic E-state index is 13.4. The summed E-state index contributed by atoms with van der Waals surface area (Å²) in [6.45, 7) is 0. The molecule has 0 spiro atoms. The van der Waals surface area contributed by atoms with Crippen LogP contribution in [0.2, 0.25) is 5.02 Å². The van der Waals surface area contributed by atoms with Gasteiger partial charge in [-0.15, -0.1) is 0 Å². The molecule has 4 aromatic carbocycles. The lowest BCUT2D eigenvalue weighted by molar-refractivity contribution is -0.121. The summed E-state index contributed by atoms with van der Waals surface area (Å²) in [4.78, 5) is 32.6. The Morgan fingerprint density at radius 1 is 0.811 bits per heavy atom. The Labute approximate surface area is 225 Å². The van der Waals surface area contributed by atoms with E-state index in [2.05, 4.69) is 5.32 Å². The highest BCUT2D eigenvalue weighted by Crippen LogP contribution is 2.33. The van der Waals surface area contributed by atoms with Gasteiger partial charge in [-0.05, 0) is 47.5 Å². The zero-order valence-corrected chi connectivity index (χ0v) is 21.4. The molecule has 0 saturated carbocycles. The summed E-state index contributed by atoms with van der Waals surface area (Å²) >= 11 is 7.36. The Kier molecular flexibility index (Phi) is 7.68. The number of amides is 2. The van der Waals surface area contributed by atoms with Crippen molar-refractivity contribution in [2.75, 3.05) is 10.2 Å². The van der Waals surface area contributed by atoms with Gasteiger partial charge in [0.2, 0.25) is 11.8 Å². The summed E-state index contributed by atoms with van der Waals surface area (Å²) in [7, 11) is 0. The monoisotopic (exact) mass is 525 g/mol. The number of thioether (sulfide) groups is 1. The minimum Gasteiger partial charge on any atom is -0.335 e. The van der Waals surface area contributed by atoms with Crippen molar-refractivity contribution in [3.05, 3.63) is 131 Å². The molecule has 5 rings (SSSR count). The number of halogens is 1. The van der Waals surface area contributed by atoms with Gasteiger partial charge in [-0.2, -0.15) is 0 Å². The molecule has 7 heteroatoms. The molecule has 1 saturated heterocycles. The molecule has 0 bridgehead atoms. The van der Waals surface area contributed by atoms with E-state index >= 15 is 0 Å². The number of amidine groups is 1. The number of anilines is 2. The van der Waals surface area contributed by atoms with E-state index < -0.39 is 5.25 Å². The van der Waals surface area contributed by atoms with Crippen molar-refractivity contribution in [2.24, 2.45) is 4.99 Å². The summed E-state index contributed by atoms with van der Waals surface area (Å²) in [6.07, 6.45) is 0.0983. The van der Waals surface area contributed by atoms with Crippen LogP contribution in [0.1, 0.15) is 23.6 Å². The van der Waals surface area contributed by atoms with E-state index in [0.717, 1.165) is 16.8 Å². The van der Waals surface area contributed by atoms with Gasteiger partial charge < -0.3 is 5.32 Å². The average Bonchev–Trinajstić information content (AvgIpc) is 3.22. The molecule has 1 fully saturated rings. The second kappa shape index (κ2) is 11.5. The van der Waals surface area contributed by atoms with E-state index in [1.165, 1.54) is 16.7 Å². The average molecular weight is 526 g/mol. The number of carbonyl (C=O) groups is 2. The van der Waals surface area contributed by atoms with Gasteiger partial charge >= 0.3 is 0 Å². The topological polar surface area (TPSA) is 61.8 Å². The van der Waals surface area contributed by atoms with Crippen LogP contribution in [0, 0.1) is 0 Å². The summed E-state index contributed by atoms with van der Waals surface area (Å²) in [5.41, 5.74) is 3.40. The lowest BCUT2D eigenvalue weighted by atomic mass is 9.99. The molecule has 1 atom stereocenters. The van der Waals surface area contributed by atoms with Gasteiger partial charge in [-0.1, -0.05) is 102 Å². The Morgan fingerprint density at radius 3 is 1.92 bits per heavy atom. The highest BCUT2D eigenvalue weighted by atomic mass is 35.5. The van der Waals surface area contributed by atoms with Gasteiger partial charge in [-0.3, -0.25) is 9.59 Å². The molecule has 184 valence electrons. The Balaban J connectivity index is 1.50. The first-order valence-electron chi connectivity index (χ1n) is 11.9. The minimum absolute atomic E-state index is 0.0983. The van der Waals surface area contributed by atoms with Crippen LogP contribution in [-0.2, 0) is 9.59 Å². The summed E-state index contributed by atoms with van der Waals surface area (Å²) in [5.74, 6) is -0.468. The first-order chi connectivity index (χ1) is 18.1. The number of rotatable bonds is 6. The molecule has 0 aromatic heterocycles. The molecule has 2 amide bonds. The standard InChI is InChI=1S/C30H24ClN3O2S/c31-23-16-18-24(19-17-23)32-30(33-28(21-10-4-1-5-11-21)22-12-6-2-7-13-22)37-26-20-27(35)34(29(26)36)25-14-8-3-9-15-25/h1-19,26,28H,20H2,(H,32,33). The summed E-state index contributed by atoms with van der Waals surface area (Å²) < 4.78 is 0. The maximum atomic E-state index is 13.4. The van der Waals surface area contributed by atoms with Crippen molar-refractivity contribution in [3.63, 3.8) is 0 Å². The third-order valence-corrected chi connectivity index (χ3v) is 7.28. The first kappa shape index (κ1) is 24.8. The lowest BCUT2D eigenvalue weighted by Crippen LogP contribution is -2.31. The van der Waals surface area contributed by atoms with Crippen molar-refractivity contribution < 1.29 is 9.59 Å². The van der Waals surface area contributed by atoms with Gasteiger partial charge in [0.05, 0.1) is 5.69 Å². The molecule has 1 unspecified atom stereocenters. The fraction of sp³-hybridized carbons (Fsp3) is 0.100. The maximum Gasteiger partial charge on any atom is 0.247 e. The fourth-order valence-corrected chi connectivity index (χ4v) is 5.33. The smallest absolute Gasteiger partial charge is 0.247 e. The number of para-hydroxylation sites is 1. The second-order valence-electron chi connectivity index (χ2n) is 8.50. The van der Waals surface area contributed by atoms with Crippen LogP contribution in [0.4, 0.5) is 11.4 Å². The van der Waals surface area contributed by atoms with Crippen LogP contribution in [0.3, 0.4) is 0 Å². The van der Waals surface area contributed by atoms with Crippen LogP contribution in [0.5, 0.6) is 0 Å². The summed E-state index contributed by atoms with van der Waals surface area (Å²) in [6, 6.07) is 36.0. The predicted octanol–water partition coefficient (Wildman–Crippen LogP) is 6.96. The van der Waals surface area contributed by atoms with E-state index in [4.69, 9.17) is 16.6 Å². The lowest BCUT2D eigenvalue weighted by Gasteiger charge is -2.19. The molecule has 1 heterocycles. The van der Waals surface area contributed by atoms with Crippen LogP contribution in [0.25, 0.3) is 0 Å². The molecule has 1 N–H and O–H groups in total. The van der Waals surface area contributed by atoms with Crippen LogP contribution < -0.4 is 10.2 Å². The number of hydrogen-bond donors (Lipinski definition) is 1. The van der Waals surface area contributed by atoms with Gasteiger partial charge in [0.1, 0.15) is 11.3 Å². The van der Waals surface area contributed by atoms with Crippen molar-refractivity contribution in [1.29, 1.82) is 0 Å². The molecule has 5 nitrogen and oxygen atoms in total. The highest BCUT2D eigenvalue weighted by molar-refractivity contribution is 8.15. The molecular weight excluding hydrogens is 502 g/mol. The minimum atomic E-state index is -0.599. The molecule has 0 aliphatic carbocycles. The fourth-order valence-electron chi connectivity index (χ4n) is 4.16. The van der Waals surface area contributed by atoms with Gasteiger partial charge in [0, 0.05) is 17.1 Å². The number of aliphatic imine (C=N–C) groups is 1. The van der Waals surface area contributed by atoms with E-state index in [9.17, 15) is 9.59 Å². The third-order valence-electron chi connectivity index (χ3n) is 5.95. The summed E-state index contributed by atoms with van der Waals surface area (Å²) in [5, 5.41) is 3.93. The van der Waals surface area contributed by atoms with Gasteiger partial charge in [-0.25, -0.2) is 9.89 Å². The van der Waals surface area contributed by atoms with Crippen LogP contribution in [0.15, 0.2) is 120 Å². The number of benzene rings is 4. The van der Waals surface area contributed by atoms with Crippen molar-refractivity contribution in [2.45, 2.75) is 17.7 Å². The zero-order chi connectivity index (χ0) is 25.6. The molecule has 1 aliphatic heterocycles. The first-order valence-corrected chi connectivity index (χ1v) is 13.1. The zero-order valence-electron chi connectivity index (χ0n) is 19.8. The van der Waals surface area contributed by atoms with E-state index in [1.807, 2.05) is 91.0 Å². The molecule has 4 aromatic rings. The predicted molar refractivity (Wildman–Crippen MR) is 152 cm³/mol. The van der Waals surface area contributed by atoms with Crippen molar-refractivity contribution in [3.8, 4) is 0 Å². The normalized spacial score (nSPS) is 15.9. The largest absolute Gasteiger partial charge is 0.335 e. The molecule has 1 aliphatic rings. The van der Waals surface area contributed by atoms with Gasteiger partial charge in [0.15, 0.2) is 5.17 Å². The SMILES string of the molecule is O=C1CC(SC(=NC(c2ccccc2)c2ccccc2)Nc2ccc(Cl)cc2)C(=O)N1c1ccccc1. The van der Waals surface area contributed by atoms with Crippen molar-refractivity contribution >= 4 is 51.7 Å². The highest BCUT2D eigenvalue weighted by Gasteiger charge is 2.41. The number of carbonyl (C=O) groups excluding carboxylic acids is 2. The number of nitrogens with zero attached hydrogens (tertiary/aromatic N) is 2. The van der Waals surface area contributed by atoms with Crippen molar-refractivity contribution in [1.82, 2.24) is 0 Å². The second-order valence-corrected chi connectivity index (χ2v) is 10.1. The van der Waals surface area contributed by atoms with E-state index in [0.29, 0.717) is 15.9 Å². The van der Waals surface area contributed by atoms with Crippen LogP contribution >= 0.6 is 23.4 Å². The molecule has 0 radical (unpaired) electrons. The molecule has 37 heavy (non-hydrogen) atoms. The molecular formula is C30H24ClN3O2S. The number of imide groups is 1. The van der Waals surface area contributed by atoms with E-state index in [1.54, 1.807) is 24.3 Å². The Hall–Kier alpha value is -3.87.